The molecule has 0 atom stereocenters. The van der Waals surface area contributed by atoms with Crippen molar-refractivity contribution in [3.05, 3.63) is 231 Å². The summed E-state index contributed by atoms with van der Waals surface area (Å²) in [4.78, 5) is 10.1. The second kappa shape index (κ2) is 14.7. The molecular formula is C58H38N4. The minimum atomic E-state index is 0.711. The molecule has 0 aliphatic carbocycles. The molecule has 0 N–H and O–H groups in total. The van der Waals surface area contributed by atoms with E-state index in [0.717, 1.165) is 45.0 Å². The fraction of sp³-hybridized carbons (Fsp3) is 0. The van der Waals surface area contributed by atoms with Crippen LogP contribution in [0.15, 0.2) is 231 Å². The summed E-state index contributed by atoms with van der Waals surface area (Å²) in [5, 5.41) is 4.95. The summed E-state index contributed by atoms with van der Waals surface area (Å²) in [5.41, 5.74) is 16.6. The van der Waals surface area contributed by atoms with Crippen LogP contribution in [0.5, 0.6) is 0 Å². The number of benzene rings is 9. The summed E-state index contributed by atoms with van der Waals surface area (Å²) >= 11 is 0. The summed E-state index contributed by atoms with van der Waals surface area (Å²) in [7, 11) is 0. The molecule has 62 heavy (non-hydrogen) atoms. The van der Waals surface area contributed by atoms with E-state index in [9.17, 15) is 0 Å². The third kappa shape index (κ3) is 5.92. The molecule has 0 fully saturated rings. The van der Waals surface area contributed by atoms with Gasteiger partial charge in [-0.05, 0) is 76.9 Å². The van der Waals surface area contributed by atoms with E-state index in [-0.39, 0.29) is 0 Å². The van der Waals surface area contributed by atoms with Gasteiger partial charge in [0.15, 0.2) is 5.82 Å². The molecule has 4 nitrogen and oxygen atoms in total. The van der Waals surface area contributed by atoms with Crippen LogP contribution in [0.4, 0.5) is 0 Å². The van der Waals surface area contributed by atoms with Crippen molar-refractivity contribution in [2.45, 2.75) is 0 Å². The third-order valence-corrected chi connectivity index (χ3v) is 12.1. The maximum absolute atomic E-state index is 5.09. The average Bonchev–Trinajstić information content (AvgIpc) is 3.88. The Hall–Kier alpha value is -8.34. The fourth-order valence-electron chi connectivity index (χ4n) is 9.35. The Morgan fingerprint density at radius 1 is 0.274 bits per heavy atom. The first-order valence-corrected chi connectivity index (χ1v) is 21.1. The zero-order valence-corrected chi connectivity index (χ0v) is 33.7. The van der Waals surface area contributed by atoms with E-state index in [2.05, 4.69) is 215 Å². The molecule has 0 spiro atoms. The molecule has 290 valence electrons. The highest BCUT2D eigenvalue weighted by Gasteiger charge is 2.19. The summed E-state index contributed by atoms with van der Waals surface area (Å²) in [5.74, 6) is 0.711. The number of hydrogen-bond acceptors (Lipinski definition) is 2. The number of aromatic nitrogens is 4. The van der Waals surface area contributed by atoms with Crippen molar-refractivity contribution in [1.29, 1.82) is 0 Å². The molecule has 0 unspecified atom stereocenters. The first-order valence-electron chi connectivity index (χ1n) is 21.1. The molecule has 3 heterocycles. The Bertz CT molecular complexity index is 3550. The van der Waals surface area contributed by atoms with Crippen LogP contribution in [0.25, 0.3) is 111 Å². The lowest BCUT2D eigenvalue weighted by Gasteiger charge is -2.12. The van der Waals surface area contributed by atoms with Crippen LogP contribution in [0.1, 0.15) is 0 Å². The minimum absolute atomic E-state index is 0.711. The van der Waals surface area contributed by atoms with Gasteiger partial charge in [0.1, 0.15) is 0 Å². The quantitative estimate of drug-likeness (QED) is 0.161. The van der Waals surface area contributed by atoms with Crippen LogP contribution in [0.3, 0.4) is 0 Å². The second-order valence-corrected chi connectivity index (χ2v) is 15.8. The molecule has 0 saturated carbocycles. The Labute approximate surface area is 359 Å². The number of para-hydroxylation sites is 3. The van der Waals surface area contributed by atoms with Gasteiger partial charge in [-0.2, -0.15) is 0 Å². The van der Waals surface area contributed by atoms with E-state index in [4.69, 9.17) is 9.97 Å². The van der Waals surface area contributed by atoms with Crippen LogP contribution < -0.4 is 0 Å². The molecule has 4 heteroatoms. The predicted molar refractivity (Wildman–Crippen MR) is 258 cm³/mol. The van der Waals surface area contributed by atoms with Crippen molar-refractivity contribution in [3.63, 3.8) is 0 Å². The molecule has 0 radical (unpaired) electrons. The Morgan fingerprint density at radius 3 is 1.31 bits per heavy atom. The highest BCUT2D eigenvalue weighted by molar-refractivity contribution is 6.17. The zero-order chi connectivity index (χ0) is 41.0. The fourth-order valence-corrected chi connectivity index (χ4v) is 9.35. The number of hydrogen-bond donors (Lipinski definition) is 0. The van der Waals surface area contributed by atoms with Crippen molar-refractivity contribution in [2.24, 2.45) is 0 Å². The van der Waals surface area contributed by atoms with E-state index >= 15 is 0 Å². The average molecular weight is 791 g/mol. The van der Waals surface area contributed by atoms with Gasteiger partial charge < -0.3 is 9.13 Å². The van der Waals surface area contributed by atoms with Gasteiger partial charge in [0.25, 0.3) is 0 Å². The van der Waals surface area contributed by atoms with E-state index in [1.807, 2.05) is 24.3 Å². The van der Waals surface area contributed by atoms with Gasteiger partial charge in [-0.25, -0.2) is 9.97 Å². The van der Waals surface area contributed by atoms with Gasteiger partial charge >= 0.3 is 0 Å². The second-order valence-electron chi connectivity index (χ2n) is 15.8. The lowest BCUT2D eigenvalue weighted by molar-refractivity contribution is 1.18. The smallest absolute Gasteiger partial charge is 0.160 e. The zero-order valence-electron chi connectivity index (χ0n) is 33.7. The number of fused-ring (bicyclic) bond motifs is 6. The molecule has 0 amide bonds. The highest BCUT2D eigenvalue weighted by Crippen LogP contribution is 2.42. The van der Waals surface area contributed by atoms with E-state index in [1.165, 1.54) is 60.3 Å². The van der Waals surface area contributed by atoms with Crippen LogP contribution in [0, 0.1) is 0 Å². The highest BCUT2D eigenvalue weighted by atomic mass is 15.0. The molecule has 0 aliphatic rings. The van der Waals surface area contributed by atoms with E-state index < -0.39 is 0 Å². The molecule has 3 aromatic heterocycles. The molecule has 0 saturated heterocycles. The van der Waals surface area contributed by atoms with Crippen LogP contribution >= 0.6 is 0 Å². The minimum Gasteiger partial charge on any atom is -0.309 e. The number of nitrogens with zero attached hydrogens (tertiary/aromatic N) is 4. The van der Waals surface area contributed by atoms with Crippen LogP contribution in [-0.4, -0.2) is 19.1 Å². The lowest BCUT2D eigenvalue weighted by Crippen LogP contribution is -1.96. The topological polar surface area (TPSA) is 35.6 Å². The van der Waals surface area contributed by atoms with Crippen molar-refractivity contribution in [2.75, 3.05) is 0 Å². The summed E-state index contributed by atoms with van der Waals surface area (Å²) in [6, 6.07) is 82.1. The van der Waals surface area contributed by atoms with Crippen molar-refractivity contribution >= 4 is 43.6 Å². The number of rotatable bonds is 7. The molecule has 12 aromatic rings. The van der Waals surface area contributed by atoms with Gasteiger partial charge in [0.2, 0.25) is 0 Å². The monoisotopic (exact) mass is 790 g/mol. The molecule has 12 rings (SSSR count). The van der Waals surface area contributed by atoms with E-state index in [0.29, 0.717) is 5.82 Å². The Kier molecular flexibility index (Phi) is 8.46. The van der Waals surface area contributed by atoms with Crippen molar-refractivity contribution in [3.8, 4) is 67.5 Å². The van der Waals surface area contributed by atoms with Crippen LogP contribution in [0.2, 0.25) is 0 Å². The first kappa shape index (κ1) is 35.6. The largest absolute Gasteiger partial charge is 0.309 e. The maximum Gasteiger partial charge on any atom is 0.160 e. The molecule has 0 aliphatic heterocycles. The van der Waals surface area contributed by atoms with Crippen LogP contribution in [-0.2, 0) is 0 Å². The SMILES string of the molecule is c1ccc(-c2cc(-c3ccc(-c4cccc5c4c4ccccc4n5-c4cccc(-c5cccc6c5c5ccccc5n6-c5ccccc5)c4)cc3)nc(-c3ccccc3)n2)cc1. The predicted octanol–water partition coefficient (Wildman–Crippen LogP) is 15.0. The lowest BCUT2D eigenvalue weighted by atomic mass is 9.97. The molecular weight excluding hydrogens is 753 g/mol. The van der Waals surface area contributed by atoms with Gasteiger partial charge in [-0.3, -0.25) is 0 Å². The van der Waals surface area contributed by atoms with Crippen molar-refractivity contribution in [1.82, 2.24) is 19.1 Å². The maximum atomic E-state index is 5.09. The molecule has 0 bridgehead atoms. The third-order valence-electron chi connectivity index (χ3n) is 12.1. The van der Waals surface area contributed by atoms with Gasteiger partial charge in [-0.1, -0.05) is 176 Å². The summed E-state index contributed by atoms with van der Waals surface area (Å²) in [6.07, 6.45) is 0. The van der Waals surface area contributed by atoms with E-state index in [1.54, 1.807) is 0 Å². The summed E-state index contributed by atoms with van der Waals surface area (Å²) in [6.45, 7) is 0. The molecule has 9 aromatic carbocycles. The Morgan fingerprint density at radius 2 is 0.694 bits per heavy atom. The van der Waals surface area contributed by atoms with Crippen molar-refractivity contribution < 1.29 is 0 Å². The first-order chi connectivity index (χ1) is 30.8. The van der Waals surface area contributed by atoms with Gasteiger partial charge in [-0.15, -0.1) is 0 Å². The standard InChI is InChI=1S/C58H38N4/c1-4-17-40(18-5-1)50-38-51(60-58(59-50)42-19-6-2-7-20-42)41-35-33-39(34-36-41)46-27-15-32-55-56(46)49-26-11-13-30-53(49)62(55)45-24-14-21-43(37-45)47-28-16-31-54-57(47)48-25-10-12-29-52(48)61(54)44-22-8-3-9-23-44/h1-38H. The van der Waals surface area contributed by atoms with Gasteiger partial charge in [0.05, 0.1) is 33.5 Å². The summed E-state index contributed by atoms with van der Waals surface area (Å²) < 4.78 is 4.81. The Balaban J connectivity index is 0.977. The van der Waals surface area contributed by atoms with Gasteiger partial charge in [0, 0.05) is 49.6 Å². The normalized spacial score (nSPS) is 11.5.